The number of aromatic nitrogens is 2. The van der Waals surface area contributed by atoms with Gasteiger partial charge in [-0.1, -0.05) is 0 Å². The maximum absolute atomic E-state index is 9.36. The number of hydrogen-bond donors (Lipinski definition) is 3. The van der Waals surface area contributed by atoms with Crippen molar-refractivity contribution in [2.24, 2.45) is 12.8 Å². The van der Waals surface area contributed by atoms with E-state index in [4.69, 9.17) is 5.73 Å². The van der Waals surface area contributed by atoms with Gasteiger partial charge in [-0.2, -0.15) is 0 Å². The molecule has 4 N–H and O–H groups in total. The first-order chi connectivity index (χ1) is 7.22. The summed E-state index contributed by atoms with van der Waals surface area (Å²) >= 11 is 0. The number of fused-ring (bicyclic) bond motifs is 1. The third-order valence-electron chi connectivity index (χ3n) is 2.29. The predicted molar refractivity (Wildman–Crippen MR) is 59.9 cm³/mol. The molecule has 80 valence electrons. The van der Waals surface area contributed by atoms with Crippen LogP contribution in [0.15, 0.2) is 18.2 Å². The second-order valence-corrected chi connectivity index (χ2v) is 3.38. The Hall–Kier alpha value is -1.75. The minimum atomic E-state index is 0.246. The van der Waals surface area contributed by atoms with Gasteiger partial charge in [-0.05, 0) is 12.1 Å². The van der Waals surface area contributed by atoms with Gasteiger partial charge in [0.15, 0.2) is 0 Å². The summed E-state index contributed by atoms with van der Waals surface area (Å²) in [4.78, 5) is 4.38. The lowest BCUT2D eigenvalue weighted by molar-refractivity contribution is 0.476. The SMILES string of the molecule is Cn1c(NCCN)nc2ccc(O)cc21. The van der Waals surface area contributed by atoms with Crippen LogP contribution in [0.3, 0.4) is 0 Å². The van der Waals surface area contributed by atoms with E-state index in [1.165, 1.54) is 0 Å². The van der Waals surface area contributed by atoms with Crippen LogP contribution in [-0.2, 0) is 7.05 Å². The van der Waals surface area contributed by atoms with Crippen molar-refractivity contribution in [2.45, 2.75) is 0 Å². The number of anilines is 1. The van der Waals surface area contributed by atoms with Gasteiger partial charge >= 0.3 is 0 Å². The lowest BCUT2D eigenvalue weighted by Gasteiger charge is -2.03. The summed E-state index contributed by atoms with van der Waals surface area (Å²) in [6.45, 7) is 1.25. The summed E-state index contributed by atoms with van der Waals surface area (Å²) in [6, 6.07) is 5.11. The highest BCUT2D eigenvalue weighted by molar-refractivity contribution is 5.80. The van der Waals surface area contributed by atoms with Crippen molar-refractivity contribution < 1.29 is 5.11 Å². The molecule has 0 aliphatic rings. The van der Waals surface area contributed by atoms with Crippen LogP contribution in [0, 0.1) is 0 Å². The molecule has 0 atom stereocenters. The highest BCUT2D eigenvalue weighted by atomic mass is 16.3. The number of phenols is 1. The summed E-state index contributed by atoms with van der Waals surface area (Å²) in [5.74, 6) is 1.01. The maximum Gasteiger partial charge on any atom is 0.203 e. The highest BCUT2D eigenvalue weighted by Gasteiger charge is 2.06. The van der Waals surface area contributed by atoms with Crippen LogP contribution >= 0.6 is 0 Å². The minimum absolute atomic E-state index is 0.246. The summed E-state index contributed by atoms with van der Waals surface area (Å²) in [7, 11) is 1.90. The lowest BCUT2D eigenvalue weighted by atomic mass is 10.3. The van der Waals surface area contributed by atoms with Crippen molar-refractivity contribution in [3.05, 3.63) is 18.2 Å². The Balaban J connectivity index is 2.45. The van der Waals surface area contributed by atoms with Gasteiger partial charge in [-0.15, -0.1) is 0 Å². The zero-order valence-corrected chi connectivity index (χ0v) is 8.57. The van der Waals surface area contributed by atoms with Crippen LogP contribution < -0.4 is 11.1 Å². The van der Waals surface area contributed by atoms with Crippen molar-refractivity contribution >= 4 is 17.0 Å². The second-order valence-electron chi connectivity index (χ2n) is 3.38. The second kappa shape index (κ2) is 3.78. The van der Waals surface area contributed by atoms with Crippen molar-refractivity contribution in [1.29, 1.82) is 0 Å². The number of benzene rings is 1. The molecule has 0 unspecified atom stereocenters. The molecule has 1 heterocycles. The fourth-order valence-electron chi connectivity index (χ4n) is 1.52. The molecule has 5 heteroatoms. The van der Waals surface area contributed by atoms with Crippen molar-refractivity contribution in [3.63, 3.8) is 0 Å². The molecule has 0 fully saturated rings. The number of phenolic OH excluding ortho intramolecular Hbond substituents is 1. The van der Waals surface area contributed by atoms with Crippen LogP contribution in [0.5, 0.6) is 5.75 Å². The summed E-state index contributed by atoms with van der Waals surface area (Å²) < 4.78 is 1.89. The van der Waals surface area contributed by atoms with Crippen molar-refractivity contribution in [3.8, 4) is 5.75 Å². The third-order valence-corrected chi connectivity index (χ3v) is 2.29. The standard InChI is InChI=1S/C10H14N4O/c1-14-9-6-7(15)2-3-8(9)13-10(14)12-5-4-11/h2-3,6,15H,4-5,11H2,1H3,(H,12,13). The van der Waals surface area contributed by atoms with Crippen molar-refractivity contribution in [1.82, 2.24) is 9.55 Å². The zero-order valence-electron chi connectivity index (χ0n) is 8.57. The van der Waals surface area contributed by atoms with Gasteiger partial charge in [0.1, 0.15) is 5.75 Å². The Morgan fingerprint density at radius 3 is 3.07 bits per heavy atom. The molecular weight excluding hydrogens is 192 g/mol. The highest BCUT2D eigenvalue weighted by Crippen LogP contribution is 2.22. The van der Waals surface area contributed by atoms with Gasteiger partial charge < -0.3 is 20.7 Å². The first kappa shape index (κ1) is 9.79. The Labute approximate surface area is 87.5 Å². The Morgan fingerprint density at radius 1 is 1.53 bits per heavy atom. The molecule has 0 aliphatic carbocycles. The molecule has 2 rings (SSSR count). The number of imidazole rings is 1. The molecule has 0 amide bonds. The molecule has 1 aromatic heterocycles. The summed E-state index contributed by atoms with van der Waals surface area (Å²) in [6.07, 6.45) is 0. The molecule has 0 saturated heterocycles. The third kappa shape index (κ3) is 1.73. The van der Waals surface area contributed by atoms with Gasteiger partial charge in [0.2, 0.25) is 5.95 Å². The van der Waals surface area contributed by atoms with Crippen LogP contribution in [0.4, 0.5) is 5.95 Å². The Bertz CT molecular complexity index is 477. The molecule has 1 aromatic carbocycles. The van der Waals surface area contributed by atoms with Gasteiger partial charge in [0.25, 0.3) is 0 Å². The van der Waals surface area contributed by atoms with E-state index < -0.39 is 0 Å². The van der Waals surface area contributed by atoms with E-state index in [9.17, 15) is 5.11 Å². The Kier molecular flexibility index (Phi) is 2.47. The van der Waals surface area contributed by atoms with Crippen LogP contribution in [0.1, 0.15) is 0 Å². The van der Waals surface area contributed by atoms with E-state index in [-0.39, 0.29) is 5.75 Å². The van der Waals surface area contributed by atoms with E-state index >= 15 is 0 Å². The van der Waals surface area contributed by atoms with Crippen LogP contribution in [-0.4, -0.2) is 27.7 Å². The summed E-state index contributed by atoms with van der Waals surface area (Å²) in [5.41, 5.74) is 7.16. The van der Waals surface area contributed by atoms with Crippen LogP contribution in [0.2, 0.25) is 0 Å². The fraction of sp³-hybridized carbons (Fsp3) is 0.300. The normalized spacial score (nSPS) is 10.8. The number of aryl methyl sites for hydroxylation is 1. The molecule has 0 aliphatic heterocycles. The van der Waals surface area contributed by atoms with Crippen LogP contribution in [0.25, 0.3) is 11.0 Å². The molecule has 2 aromatic rings. The number of aromatic hydroxyl groups is 1. The molecule has 0 saturated carbocycles. The fourth-order valence-corrected chi connectivity index (χ4v) is 1.52. The molecule has 0 spiro atoms. The van der Waals surface area contributed by atoms with Crippen molar-refractivity contribution in [2.75, 3.05) is 18.4 Å². The van der Waals surface area contributed by atoms with E-state index in [1.54, 1.807) is 18.2 Å². The quantitative estimate of drug-likeness (QED) is 0.689. The molecule has 0 radical (unpaired) electrons. The minimum Gasteiger partial charge on any atom is -0.508 e. The molecule has 0 bridgehead atoms. The topological polar surface area (TPSA) is 76.1 Å². The Morgan fingerprint density at radius 2 is 2.33 bits per heavy atom. The number of hydrogen-bond acceptors (Lipinski definition) is 4. The van der Waals surface area contributed by atoms with Gasteiger partial charge in [0, 0.05) is 26.2 Å². The first-order valence-electron chi connectivity index (χ1n) is 4.82. The predicted octanol–water partition coefficient (Wildman–Crippen LogP) is 0.649. The molecule has 15 heavy (non-hydrogen) atoms. The van der Waals surface area contributed by atoms with E-state index in [0.717, 1.165) is 17.0 Å². The first-order valence-corrected chi connectivity index (χ1v) is 4.82. The van der Waals surface area contributed by atoms with E-state index in [1.807, 2.05) is 11.6 Å². The number of nitrogens with zero attached hydrogens (tertiary/aromatic N) is 2. The number of nitrogens with two attached hydrogens (primary N) is 1. The van der Waals surface area contributed by atoms with E-state index in [2.05, 4.69) is 10.3 Å². The monoisotopic (exact) mass is 206 g/mol. The zero-order chi connectivity index (χ0) is 10.8. The number of rotatable bonds is 3. The maximum atomic E-state index is 9.36. The lowest BCUT2D eigenvalue weighted by Crippen LogP contribution is -2.15. The average Bonchev–Trinajstić information content (AvgIpc) is 2.53. The van der Waals surface area contributed by atoms with E-state index in [0.29, 0.717) is 13.1 Å². The average molecular weight is 206 g/mol. The van der Waals surface area contributed by atoms with Gasteiger partial charge in [0.05, 0.1) is 11.0 Å². The summed E-state index contributed by atoms with van der Waals surface area (Å²) in [5, 5.41) is 12.5. The van der Waals surface area contributed by atoms with Gasteiger partial charge in [-0.3, -0.25) is 0 Å². The largest absolute Gasteiger partial charge is 0.508 e. The smallest absolute Gasteiger partial charge is 0.203 e. The molecular formula is C10H14N4O. The molecule has 5 nitrogen and oxygen atoms in total. The number of nitrogens with one attached hydrogen (secondary N) is 1. The van der Waals surface area contributed by atoms with Gasteiger partial charge in [-0.25, -0.2) is 4.98 Å².